The summed E-state index contributed by atoms with van der Waals surface area (Å²) in [5, 5.41) is 11.7. The minimum Gasteiger partial charge on any atom is -0.478 e. The predicted octanol–water partition coefficient (Wildman–Crippen LogP) is 1.38. The van der Waals surface area contributed by atoms with Crippen LogP contribution in [-0.4, -0.2) is 34.7 Å². The first-order chi connectivity index (χ1) is 8.50. The van der Waals surface area contributed by atoms with Crippen LogP contribution in [0.25, 0.3) is 0 Å². The minimum atomic E-state index is -1.06. The first-order valence-electron chi connectivity index (χ1n) is 5.84. The highest BCUT2D eigenvalue weighted by molar-refractivity contribution is 6.02. The lowest BCUT2D eigenvalue weighted by atomic mass is 10.0. The van der Waals surface area contributed by atoms with E-state index >= 15 is 0 Å². The van der Waals surface area contributed by atoms with Crippen molar-refractivity contribution in [1.82, 2.24) is 4.98 Å². The number of carbonyl (C=O) groups is 2. The maximum Gasteiger partial charge on any atom is 0.339 e. The van der Waals surface area contributed by atoms with Gasteiger partial charge in [-0.05, 0) is 20.3 Å². The van der Waals surface area contributed by atoms with E-state index in [1.54, 1.807) is 6.92 Å². The van der Waals surface area contributed by atoms with Crippen LogP contribution in [0, 0.1) is 12.8 Å². The molecular formula is C12H16N2O4. The van der Waals surface area contributed by atoms with Gasteiger partial charge in [-0.2, -0.15) is 0 Å². The maximum atomic E-state index is 12.0. The fraction of sp³-hybridized carbons (Fsp3) is 0.500. The van der Waals surface area contributed by atoms with Crippen molar-refractivity contribution in [2.24, 2.45) is 5.92 Å². The van der Waals surface area contributed by atoms with Gasteiger partial charge in [0.25, 0.3) is 0 Å². The molecule has 1 aromatic heterocycles. The largest absolute Gasteiger partial charge is 0.478 e. The van der Waals surface area contributed by atoms with Crippen molar-refractivity contribution in [3.05, 3.63) is 17.5 Å². The summed E-state index contributed by atoms with van der Waals surface area (Å²) in [5.74, 6) is -1.47. The number of carboxylic acids is 1. The summed E-state index contributed by atoms with van der Waals surface area (Å²) >= 11 is 0. The van der Waals surface area contributed by atoms with E-state index in [9.17, 15) is 9.59 Å². The molecule has 1 aliphatic rings. The summed E-state index contributed by atoms with van der Waals surface area (Å²) in [5.41, 5.74) is 0.938. The van der Waals surface area contributed by atoms with Gasteiger partial charge in [0.05, 0.1) is 17.7 Å². The number of anilines is 1. The van der Waals surface area contributed by atoms with Crippen molar-refractivity contribution < 1.29 is 19.4 Å². The Kier molecular flexibility index (Phi) is 3.38. The van der Waals surface area contributed by atoms with Gasteiger partial charge in [-0.1, -0.05) is 0 Å². The number of hydrogen-bond acceptors (Lipinski definition) is 3. The van der Waals surface area contributed by atoms with E-state index in [2.05, 4.69) is 10.3 Å². The standard InChI is InChI=1S/C12H16N2O4/c1-6-10(12(16)17)9(5-13-6)14-11(15)8-3-4-18-7(8)2/h5,7-8,13H,3-4H2,1-2H3,(H,14,15)(H,16,17). The number of aryl methyl sites for hydroxylation is 1. The number of carbonyl (C=O) groups excluding carboxylic acids is 1. The summed E-state index contributed by atoms with van der Waals surface area (Å²) in [6.07, 6.45) is 2.04. The molecule has 0 aliphatic carbocycles. The fourth-order valence-electron chi connectivity index (χ4n) is 2.20. The Labute approximate surface area is 104 Å². The van der Waals surface area contributed by atoms with Crippen molar-refractivity contribution in [1.29, 1.82) is 0 Å². The number of nitrogens with one attached hydrogen (secondary N) is 2. The van der Waals surface area contributed by atoms with Gasteiger partial charge in [0.1, 0.15) is 5.56 Å². The highest BCUT2D eigenvalue weighted by Gasteiger charge is 2.31. The second-order valence-corrected chi connectivity index (χ2v) is 4.47. The Bertz CT molecular complexity index is 480. The van der Waals surface area contributed by atoms with Crippen molar-refractivity contribution in [3.63, 3.8) is 0 Å². The zero-order valence-corrected chi connectivity index (χ0v) is 10.3. The minimum absolute atomic E-state index is 0.106. The molecular weight excluding hydrogens is 236 g/mol. The lowest BCUT2D eigenvalue weighted by Crippen LogP contribution is -2.28. The van der Waals surface area contributed by atoms with Gasteiger partial charge in [0.2, 0.25) is 5.91 Å². The van der Waals surface area contributed by atoms with Crippen LogP contribution < -0.4 is 5.32 Å². The lowest BCUT2D eigenvalue weighted by Gasteiger charge is -2.13. The molecule has 1 amide bonds. The molecule has 1 saturated heterocycles. The molecule has 0 saturated carbocycles. The Morgan fingerprint density at radius 2 is 2.28 bits per heavy atom. The topological polar surface area (TPSA) is 91.4 Å². The molecule has 18 heavy (non-hydrogen) atoms. The van der Waals surface area contributed by atoms with Crippen LogP contribution in [-0.2, 0) is 9.53 Å². The van der Waals surface area contributed by atoms with Crippen LogP contribution in [0.1, 0.15) is 29.4 Å². The van der Waals surface area contributed by atoms with Gasteiger partial charge in [-0.3, -0.25) is 4.79 Å². The second kappa shape index (κ2) is 4.81. The Hall–Kier alpha value is -1.82. The van der Waals surface area contributed by atoms with Gasteiger partial charge in [0, 0.05) is 18.5 Å². The smallest absolute Gasteiger partial charge is 0.339 e. The van der Waals surface area contributed by atoms with Crippen LogP contribution in [0.4, 0.5) is 5.69 Å². The van der Waals surface area contributed by atoms with E-state index in [1.165, 1.54) is 6.20 Å². The molecule has 0 radical (unpaired) electrons. The molecule has 0 aromatic carbocycles. The third-order valence-electron chi connectivity index (χ3n) is 3.26. The Balaban J connectivity index is 2.14. The third-order valence-corrected chi connectivity index (χ3v) is 3.26. The molecule has 2 unspecified atom stereocenters. The number of aromatic nitrogens is 1. The van der Waals surface area contributed by atoms with Crippen LogP contribution in [0.3, 0.4) is 0 Å². The first kappa shape index (κ1) is 12.6. The number of hydrogen-bond donors (Lipinski definition) is 3. The number of aromatic carboxylic acids is 1. The normalized spacial score (nSPS) is 23.0. The number of amides is 1. The molecule has 98 valence electrons. The molecule has 2 atom stereocenters. The van der Waals surface area contributed by atoms with Crippen molar-refractivity contribution in [2.75, 3.05) is 11.9 Å². The number of rotatable bonds is 3. The quantitative estimate of drug-likeness (QED) is 0.758. The molecule has 1 aromatic rings. The summed E-state index contributed by atoms with van der Waals surface area (Å²) in [7, 11) is 0. The monoisotopic (exact) mass is 252 g/mol. The average Bonchev–Trinajstić information content (AvgIpc) is 2.85. The van der Waals surface area contributed by atoms with E-state index < -0.39 is 5.97 Å². The van der Waals surface area contributed by atoms with Crippen molar-refractivity contribution in [3.8, 4) is 0 Å². The molecule has 2 heterocycles. The van der Waals surface area contributed by atoms with Crippen LogP contribution in [0.5, 0.6) is 0 Å². The van der Waals surface area contributed by atoms with Gasteiger partial charge >= 0.3 is 5.97 Å². The Morgan fingerprint density at radius 1 is 1.56 bits per heavy atom. The molecule has 3 N–H and O–H groups in total. The van der Waals surface area contributed by atoms with Crippen LogP contribution in [0.15, 0.2) is 6.20 Å². The van der Waals surface area contributed by atoms with Crippen LogP contribution >= 0.6 is 0 Å². The zero-order chi connectivity index (χ0) is 13.3. The highest BCUT2D eigenvalue weighted by Crippen LogP contribution is 2.24. The molecule has 1 aliphatic heterocycles. The van der Waals surface area contributed by atoms with Gasteiger partial charge in [-0.25, -0.2) is 4.79 Å². The van der Waals surface area contributed by atoms with Crippen molar-refractivity contribution >= 4 is 17.6 Å². The number of aromatic amines is 1. The molecule has 2 rings (SSSR count). The molecule has 0 spiro atoms. The van der Waals surface area contributed by atoms with E-state index in [1.807, 2.05) is 6.92 Å². The zero-order valence-electron chi connectivity index (χ0n) is 10.3. The molecule has 6 nitrogen and oxygen atoms in total. The maximum absolute atomic E-state index is 12.0. The van der Waals surface area contributed by atoms with Gasteiger partial charge in [-0.15, -0.1) is 0 Å². The number of ether oxygens (including phenoxy) is 1. The van der Waals surface area contributed by atoms with Crippen molar-refractivity contribution in [2.45, 2.75) is 26.4 Å². The van der Waals surface area contributed by atoms with Gasteiger partial charge in [0.15, 0.2) is 0 Å². The highest BCUT2D eigenvalue weighted by atomic mass is 16.5. The van der Waals surface area contributed by atoms with Gasteiger partial charge < -0.3 is 20.1 Å². The number of H-pyrrole nitrogens is 1. The van der Waals surface area contributed by atoms with E-state index in [-0.39, 0.29) is 23.5 Å². The van der Waals surface area contributed by atoms with E-state index in [0.29, 0.717) is 24.4 Å². The molecule has 6 heteroatoms. The third kappa shape index (κ3) is 2.24. The molecule has 0 bridgehead atoms. The summed E-state index contributed by atoms with van der Waals surface area (Å²) in [4.78, 5) is 25.9. The molecule has 1 fully saturated rings. The van der Waals surface area contributed by atoms with Crippen LogP contribution in [0.2, 0.25) is 0 Å². The fourth-order valence-corrected chi connectivity index (χ4v) is 2.20. The first-order valence-corrected chi connectivity index (χ1v) is 5.84. The SMILES string of the molecule is Cc1[nH]cc(NC(=O)C2CCOC2C)c1C(=O)O. The second-order valence-electron chi connectivity index (χ2n) is 4.47. The predicted molar refractivity (Wildman–Crippen MR) is 64.6 cm³/mol. The Morgan fingerprint density at radius 3 is 2.83 bits per heavy atom. The van der Waals surface area contributed by atoms with E-state index in [0.717, 1.165) is 0 Å². The summed E-state index contributed by atoms with van der Waals surface area (Å²) < 4.78 is 5.32. The lowest BCUT2D eigenvalue weighted by molar-refractivity contribution is -0.121. The van der Waals surface area contributed by atoms with E-state index in [4.69, 9.17) is 9.84 Å². The summed E-state index contributed by atoms with van der Waals surface area (Å²) in [6, 6.07) is 0. The number of carboxylic acid groups (broad SMARTS) is 1. The summed E-state index contributed by atoms with van der Waals surface area (Å²) in [6.45, 7) is 4.06. The average molecular weight is 252 g/mol.